The molecule has 114 valence electrons. The standard InChI is InChI=1S/C17H17FN2O2/c1-9(2)14-10(5-4-8-13(14)18)15-11(16(19)21)6-3-7-12(15)17(20)22/h3-9H,1-2H3,(H2,19,21)(H2,20,22). The van der Waals surface area contributed by atoms with E-state index in [4.69, 9.17) is 11.5 Å². The zero-order valence-corrected chi connectivity index (χ0v) is 12.4. The number of amides is 2. The fourth-order valence-corrected chi connectivity index (χ4v) is 2.59. The molecule has 0 saturated carbocycles. The van der Waals surface area contributed by atoms with Gasteiger partial charge in [0.15, 0.2) is 0 Å². The number of nitrogens with two attached hydrogens (primary N) is 2. The Morgan fingerprint density at radius 1 is 0.955 bits per heavy atom. The summed E-state index contributed by atoms with van der Waals surface area (Å²) in [7, 11) is 0. The van der Waals surface area contributed by atoms with Crippen molar-refractivity contribution in [2.45, 2.75) is 19.8 Å². The van der Waals surface area contributed by atoms with Crippen molar-refractivity contribution in [3.8, 4) is 11.1 Å². The summed E-state index contributed by atoms with van der Waals surface area (Å²) in [6.45, 7) is 3.66. The summed E-state index contributed by atoms with van der Waals surface area (Å²) in [5.74, 6) is -1.94. The minimum atomic E-state index is -0.697. The van der Waals surface area contributed by atoms with Gasteiger partial charge in [-0.3, -0.25) is 9.59 Å². The van der Waals surface area contributed by atoms with E-state index in [9.17, 15) is 14.0 Å². The van der Waals surface area contributed by atoms with Crippen LogP contribution in [0.5, 0.6) is 0 Å². The van der Waals surface area contributed by atoms with Gasteiger partial charge in [0.05, 0.1) is 0 Å². The van der Waals surface area contributed by atoms with Gasteiger partial charge in [-0.05, 0) is 35.2 Å². The average molecular weight is 300 g/mol. The molecule has 4 N–H and O–H groups in total. The SMILES string of the molecule is CC(C)c1c(F)cccc1-c1c(C(N)=O)cccc1C(N)=O. The van der Waals surface area contributed by atoms with Crippen LogP contribution < -0.4 is 11.5 Å². The number of primary amides is 2. The molecule has 0 aromatic heterocycles. The van der Waals surface area contributed by atoms with Crippen molar-refractivity contribution in [1.82, 2.24) is 0 Å². The molecule has 0 aliphatic rings. The highest BCUT2D eigenvalue weighted by Crippen LogP contribution is 2.35. The zero-order chi connectivity index (χ0) is 16.4. The molecule has 0 fully saturated rings. The van der Waals surface area contributed by atoms with Gasteiger partial charge in [0, 0.05) is 16.7 Å². The molecule has 0 heterocycles. The molecule has 4 nitrogen and oxygen atoms in total. The fourth-order valence-electron chi connectivity index (χ4n) is 2.59. The van der Waals surface area contributed by atoms with Gasteiger partial charge in [0.1, 0.15) is 5.82 Å². The average Bonchev–Trinajstić information content (AvgIpc) is 2.45. The van der Waals surface area contributed by atoms with E-state index >= 15 is 0 Å². The molecule has 0 aliphatic carbocycles. The summed E-state index contributed by atoms with van der Waals surface area (Å²) in [4.78, 5) is 23.4. The third-order valence-corrected chi connectivity index (χ3v) is 3.49. The molecular weight excluding hydrogens is 283 g/mol. The molecule has 0 unspecified atom stereocenters. The molecule has 2 aromatic carbocycles. The highest BCUT2D eigenvalue weighted by Gasteiger charge is 2.22. The normalized spacial score (nSPS) is 10.7. The van der Waals surface area contributed by atoms with E-state index in [2.05, 4.69) is 0 Å². The summed E-state index contributed by atoms with van der Waals surface area (Å²) in [5, 5.41) is 0. The summed E-state index contributed by atoms with van der Waals surface area (Å²) in [5.41, 5.74) is 12.2. The van der Waals surface area contributed by atoms with Gasteiger partial charge in [-0.15, -0.1) is 0 Å². The summed E-state index contributed by atoms with van der Waals surface area (Å²) in [6.07, 6.45) is 0. The Bertz CT molecular complexity index is 722. The van der Waals surface area contributed by atoms with Gasteiger partial charge < -0.3 is 11.5 Å². The topological polar surface area (TPSA) is 86.2 Å². The number of carbonyl (C=O) groups excluding carboxylic acids is 2. The van der Waals surface area contributed by atoms with Gasteiger partial charge in [0.2, 0.25) is 11.8 Å². The molecular formula is C17H17FN2O2. The van der Waals surface area contributed by atoms with Gasteiger partial charge in [-0.1, -0.05) is 32.0 Å². The van der Waals surface area contributed by atoms with Crippen LogP contribution in [0, 0.1) is 5.82 Å². The maximum absolute atomic E-state index is 14.2. The van der Waals surface area contributed by atoms with Crippen LogP contribution in [0.15, 0.2) is 36.4 Å². The van der Waals surface area contributed by atoms with Crippen molar-refractivity contribution < 1.29 is 14.0 Å². The number of halogens is 1. The molecule has 0 aliphatic heterocycles. The minimum Gasteiger partial charge on any atom is -0.366 e. The van der Waals surface area contributed by atoms with Crippen molar-refractivity contribution in [2.24, 2.45) is 11.5 Å². The number of benzene rings is 2. The fraction of sp³-hybridized carbons (Fsp3) is 0.176. The van der Waals surface area contributed by atoms with Crippen LogP contribution in [0.25, 0.3) is 11.1 Å². The van der Waals surface area contributed by atoms with E-state index in [1.165, 1.54) is 30.3 Å². The van der Waals surface area contributed by atoms with Crippen molar-refractivity contribution >= 4 is 11.8 Å². The molecule has 0 atom stereocenters. The van der Waals surface area contributed by atoms with Gasteiger partial charge in [-0.25, -0.2) is 4.39 Å². The lowest BCUT2D eigenvalue weighted by molar-refractivity contribution is 0.0999. The van der Waals surface area contributed by atoms with Crippen LogP contribution in [0.2, 0.25) is 0 Å². The van der Waals surface area contributed by atoms with Crippen molar-refractivity contribution in [2.75, 3.05) is 0 Å². The van der Waals surface area contributed by atoms with Gasteiger partial charge >= 0.3 is 0 Å². The first-order chi connectivity index (χ1) is 10.3. The summed E-state index contributed by atoms with van der Waals surface area (Å²) in [6, 6.07) is 9.05. The maximum atomic E-state index is 14.2. The predicted molar refractivity (Wildman–Crippen MR) is 83.0 cm³/mol. The second-order valence-corrected chi connectivity index (χ2v) is 5.31. The van der Waals surface area contributed by atoms with E-state index in [0.29, 0.717) is 11.1 Å². The first-order valence-corrected chi connectivity index (χ1v) is 6.86. The molecule has 0 saturated heterocycles. The minimum absolute atomic E-state index is 0.141. The summed E-state index contributed by atoms with van der Waals surface area (Å²) >= 11 is 0. The molecule has 0 spiro atoms. The number of carbonyl (C=O) groups is 2. The lowest BCUT2D eigenvalue weighted by Crippen LogP contribution is -2.18. The van der Waals surface area contributed by atoms with Gasteiger partial charge in [0.25, 0.3) is 0 Å². The molecule has 2 rings (SSSR count). The van der Waals surface area contributed by atoms with Crippen LogP contribution in [0.1, 0.15) is 46.0 Å². The lowest BCUT2D eigenvalue weighted by atomic mass is 9.86. The van der Waals surface area contributed by atoms with Crippen LogP contribution in [0.4, 0.5) is 4.39 Å². The number of hydrogen-bond donors (Lipinski definition) is 2. The molecule has 5 heteroatoms. The Balaban J connectivity index is 2.91. The Hall–Kier alpha value is -2.69. The lowest BCUT2D eigenvalue weighted by Gasteiger charge is -2.18. The van der Waals surface area contributed by atoms with Crippen LogP contribution in [-0.2, 0) is 0 Å². The second kappa shape index (κ2) is 5.97. The Morgan fingerprint density at radius 2 is 1.45 bits per heavy atom. The Kier molecular flexibility index (Phi) is 4.26. The smallest absolute Gasteiger partial charge is 0.249 e. The number of rotatable bonds is 4. The molecule has 0 radical (unpaired) electrons. The van der Waals surface area contributed by atoms with Crippen LogP contribution in [-0.4, -0.2) is 11.8 Å². The first kappa shape index (κ1) is 15.7. The van der Waals surface area contributed by atoms with Crippen molar-refractivity contribution in [3.63, 3.8) is 0 Å². The third kappa shape index (κ3) is 2.70. The predicted octanol–water partition coefficient (Wildman–Crippen LogP) is 2.81. The quantitative estimate of drug-likeness (QED) is 0.909. The van der Waals surface area contributed by atoms with Gasteiger partial charge in [-0.2, -0.15) is 0 Å². The number of hydrogen-bond acceptors (Lipinski definition) is 2. The maximum Gasteiger partial charge on any atom is 0.249 e. The highest BCUT2D eigenvalue weighted by molar-refractivity contribution is 6.08. The Morgan fingerprint density at radius 3 is 1.91 bits per heavy atom. The van der Waals surface area contributed by atoms with E-state index in [0.717, 1.165) is 0 Å². The zero-order valence-electron chi connectivity index (χ0n) is 12.4. The van der Waals surface area contributed by atoms with Crippen LogP contribution in [0.3, 0.4) is 0 Å². The molecule has 2 aromatic rings. The highest BCUT2D eigenvalue weighted by atomic mass is 19.1. The van der Waals surface area contributed by atoms with E-state index in [1.807, 2.05) is 13.8 Å². The first-order valence-electron chi connectivity index (χ1n) is 6.86. The van der Waals surface area contributed by atoms with Crippen molar-refractivity contribution in [1.29, 1.82) is 0 Å². The molecule has 2 amide bonds. The molecule has 0 bridgehead atoms. The largest absolute Gasteiger partial charge is 0.366 e. The Labute approximate surface area is 127 Å². The second-order valence-electron chi connectivity index (χ2n) is 5.31. The third-order valence-electron chi connectivity index (χ3n) is 3.49. The van der Waals surface area contributed by atoms with E-state index < -0.39 is 17.6 Å². The monoisotopic (exact) mass is 300 g/mol. The molecule has 22 heavy (non-hydrogen) atoms. The summed E-state index contributed by atoms with van der Waals surface area (Å²) < 4.78 is 14.2. The van der Waals surface area contributed by atoms with Crippen molar-refractivity contribution in [3.05, 3.63) is 58.9 Å². The van der Waals surface area contributed by atoms with E-state index in [-0.39, 0.29) is 22.6 Å². The van der Waals surface area contributed by atoms with Crippen LogP contribution >= 0.6 is 0 Å². The van der Waals surface area contributed by atoms with E-state index in [1.54, 1.807) is 6.07 Å².